The van der Waals surface area contributed by atoms with Crippen LogP contribution in [0.4, 0.5) is 4.79 Å². The normalized spacial score (nSPS) is 23.2. The number of carbonyl (C=O) groups excluding carboxylic acids is 1. The fourth-order valence-electron chi connectivity index (χ4n) is 4.35. The maximum absolute atomic E-state index is 12.9. The number of hydrogen-bond acceptors (Lipinski definition) is 6. The SMILES string of the molecule is CCCC1=NC=C2C(N(C)C(=O)N2C(O)N2CC(Oc3ccccc3CC)C2)N1C. The lowest BCUT2D eigenvalue weighted by molar-refractivity contribution is -0.138. The number of aliphatic hydroxyl groups is 1. The van der Waals surface area contributed by atoms with Crippen molar-refractivity contribution in [3.05, 3.63) is 41.7 Å². The minimum absolute atomic E-state index is 0.00392. The van der Waals surface area contributed by atoms with E-state index >= 15 is 0 Å². The molecule has 0 bridgehead atoms. The largest absolute Gasteiger partial charge is 0.487 e. The monoisotopic (exact) mass is 413 g/mol. The number of nitrogens with zero attached hydrogens (tertiary/aromatic N) is 5. The van der Waals surface area contributed by atoms with Gasteiger partial charge in [-0.05, 0) is 24.5 Å². The Morgan fingerprint density at radius 2 is 1.93 bits per heavy atom. The first-order chi connectivity index (χ1) is 14.5. The zero-order valence-corrected chi connectivity index (χ0v) is 18.2. The zero-order valence-electron chi connectivity index (χ0n) is 18.2. The fourth-order valence-corrected chi connectivity index (χ4v) is 4.35. The number of urea groups is 1. The first kappa shape index (κ1) is 20.7. The summed E-state index contributed by atoms with van der Waals surface area (Å²) in [6, 6.07) is 7.81. The number of amidine groups is 1. The molecule has 2 amide bonds. The van der Waals surface area contributed by atoms with E-state index in [-0.39, 0.29) is 18.3 Å². The van der Waals surface area contributed by atoms with E-state index in [1.807, 2.05) is 35.0 Å². The molecule has 2 saturated heterocycles. The molecule has 8 heteroatoms. The van der Waals surface area contributed by atoms with E-state index in [1.54, 1.807) is 18.1 Å². The third kappa shape index (κ3) is 3.44. The van der Waals surface area contributed by atoms with Gasteiger partial charge < -0.3 is 19.6 Å². The van der Waals surface area contributed by atoms with Gasteiger partial charge in [-0.25, -0.2) is 9.79 Å². The van der Waals surface area contributed by atoms with Gasteiger partial charge in [0.1, 0.15) is 23.9 Å². The van der Waals surface area contributed by atoms with Crippen molar-refractivity contribution in [3.8, 4) is 5.75 Å². The lowest BCUT2D eigenvalue weighted by atomic mass is 10.1. The minimum Gasteiger partial charge on any atom is -0.487 e. The summed E-state index contributed by atoms with van der Waals surface area (Å²) in [6.45, 7) is 5.33. The highest BCUT2D eigenvalue weighted by Gasteiger charge is 2.49. The maximum atomic E-state index is 12.9. The topological polar surface area (TPSA) is 71.8 Å². The van der Waals surface area contributed by atoms with Crippen LogP contribution in [0.2, 0.25) is 0 Å². The second kappa shape index (κ2) is 8.28. The van der Waals surface area contributed by atoms with Crippen molar-refractivity contribution >= 4 is 11.9 Å². The van der Waals surface area contributed by atoms with E-state index in [0.29, 0.717) is 18.8 Å². The van der Waals surface area contributed by atoms with Crippen molar-refractivity contribution in [3.63, 3.8) is 0 Å². The smallest absolute Gasteiger partial charge is 0.329 e. The molecule has 0 spiro atoms. The number of hydrogen-bond donors (Lipinski definition) is 1. The van der Waals surface area contributed by atoms with Crippen LogP contribution in [-0.2, 0) is 6.42 Å². The van der Waals surface area contributed by atoms with Crippen LogP contribution in [0, 0.1) is 0 Å². The van der Waals surface area contributed by atoms with Crippen LogP contribution in [0.1, 0.15) is 32.3 Å². The van der Waals surface area contributed by atoms with Crippen LogP contribution >= 0.6 is 0 Å². The zero-order chi connectivity index (χ0) is 21.4. The summed E-state index contributed by atoms with van der Waals surface area (Å²) in [5, 5.41) is 11.0. The van der Waals surface area contributed by atoms with Crippen molar-refractivity contribution in [1.29, 1.82) is 0 Å². The molecule has 8 nitrogen and oxygen atoms in total. The number of benzene rings is 1. The summed E-state index contributed by atoms with van der Waals surface area (Å²) < 4.78 is 6.12. The second-order valence-electron chi connectivity index (χ2n) is 8.10. The first-order valence-electron chi connectivity index (χ1n) is 10.7. The number of likely N-dealkylation sites (N-methyl/N-ethyl adjacent to an activating group) is 2. The number of para-hydroxylation sites is 1. The van der Waals surface area contributed by atoms with Gasteiger partial charge in [0, 0.05) is 33.6 Å². The Hall–Kier alpha value is -2.58. The Morgan fingerprint density at radius 1 is 1.20 bits per heavy atom. The Bertz CT molecular complexity index is 864. The molecule has 30 heavy (non-hydrogen) atoms. The van der Waals surface area contributed by atoms with Crippen molar-refractivity contribution in [2.24, 2.45) is 4.99 Å². The molecule has 0 saturated carbocycles. The number of aryl methyl sites for hydroxylation is 1. The Labute approximate surface area is 178 Å². The summed E-state index contributed by atoms with van der Waals surface area (Å²) in [6.07, 6.45) is 3.20. The Kier molecular flexibility index (Phi) is 5.71. The molecule has 2 unspecified atom stereocenters. The quantitative estimate of drug-likeness (QED) is 0.743. The number of carbonyl (C=O) groups is 1. The lowest BCUT2D eigenvalue weighted by Crippen LogP contribution is -2.62. The molecular formula is C22H31N5O3. The summed E-state index contributed by atoms with van der Waals surface area (Å²) in [7, 11) is 3.72. The number of aliphatic hydroxyl groups excluding tert-OH is 1. The van der Waals surface area contributed by atoms with Crippen LogP contribution < -0.4 is 4.74 Å². The highest BCUT2D eigenvalue weighted by atomic mass is 16.5. The number of ether oxygens (including phenoxy) is 1. The number of aliphatic imine (C=N–C) groups is 1. The predicted molar refractivity (Wildman–Crippen MR) is 115 cm³/mol. The Balaban J connectivity index is 1.44. The highest BCUT2D eigenvalue weighted by Crippen LogP contribution is 2.34. The van der Waals surface area contributed by atoms with E-state index in [0.717, 1.165) is 30.8 Å². The van der Waals surface area contributed by atoms with Crippen LogP contribution in [-0.4, -0.2) is 82.4 Å². The van der Waals surface area contributed by atoms with Gasteiger partial charge in [0.25, 0.3) is 0 Å². The fraction of sp³-hybridized carbons (Fsp3) is 0.545. The molecule has 1 aromatic rings. The highest BCUT2D eigenvalue weighted by molar-refractivity contribution is 5.88. The van der Waals surface area contributed by atoms with Gasteiger partial charge in [-0.3, -0.25) is 9.80 Å². The summed E-state index contributed by atoms with van der Waals surface area (Å²) >= 11 is 0. The number of likely N-dealkylation sites (tertiary alicyclic amines) is 1. The van der Waals surface area contributed by atoms with Crippen molar-refractivity contribution < 1.29 is 14.6 Å². The number of amides is 2. The molecule has 0 aliphatic carbocycles. The van der Waals surface area contributed by atoms with Gasteiger partial charge in [0.05, 0.1) is 11.9 Å². The molecule has 1 aromatic carbocycles. The van der Waals surface area contributed by atoms with Gasteiger partial charge in [-0.15, -0.1) is 0 Å². The van der Waals surface area contributed by atoms with Gasteiger partial charge in [-0.1, -0.05) is 32.0 Å². The molecule has 0 radical (unpaired) electrons. The second-order valence-corrected chi connectivity index (χ2v) is 8.10. The third-order valence-electron chi connectivity index (χ3n) is 6.09. The van der Waals surface area contributed by atoms with E-state index in [2.05, 4.69) is 24.9 Å². The molecule has 0 aromatic heterocycles. The van der Waals surface area contributed by atoms with Gasteiger partial charge in [-0.2, -0.15) is 0 Å². The van der Waals surface area contributed by atoms with Gasteiger partial charge in [0.2, 0.25) is 0 Å². The van der Waals surface area contributed by atoms with Crippen LogP contribution in [0.15, 0.2) is 41.2 Å². The number of rotatable bonds is 7. The first-order valence-corrected chi connectivity index (χ1v) is 10.7. The lowest BCUT2D eigenvalue weighted by Gasteiger charge is -2.44. The van der Waals surface area contributed by atoms with E-state index in [4.69, 9.17) is 4.74 Å². The molecule has 3 aliphatic rings. The van der Waals surface area contributed by atoms with Crippen LogP contribution in [0.5, 0.6) is 5.75 Å². The average molecular weight is 414 g/mol. The van der Waals surface area contributed by atoms with Gasteiger partial charge in [0.15, 0.2) is 6.35 Å². The molecule has 2 fully saturated rings. The van der Waals surface area contributed by atoms with E-state index in [1.165, 1.54) is 10.5 Å². The van der Waals surface area contributed by atoms with Crippen molar-refractivity contribution in [2.75, 3.05) is 27.2 Å². The van der Waals surface area contributed by atoms with E-state index in [9.17, 15) is 9.90 Å². The van der Waals surface area contributed by atoms with Crippen molar-refractivity contribution in [1.82, 2.24) is 19.6 Å². The minimum atomic E-state index is -1.03. The van der Waals surface area contributed by atoms with Crippen LogP contribution in [0.25, 0.3) is 0 Å². The molecule has 1 N–H and O–H groups in total. The molecule has 3 heterocycles. The number of fused-ring (bicyclic) bond motifs is 1. The average Bonchev–Trinajstić information content (AvgIpc) is 2.97. The maximum Gasteiger partial charge on any atom is 0.329 e. The standard InChI is InChI=1S/C22H31N5O3/c1-5-9-19-23-12-17-20(24(19)3)25(4)21(28)27(17)22(29)26-13-16(14-26)30-18-11-8-7-10-15(18)6-2/h7-8,10-12,16,20,22,29H,5-6,9,13-14H2,1-4H3. The molecule has 2 atom stereocenters. The third-order valence-corrected chi connectivity index (χ3v) is 6.09. The molecule has 4 rings (SSSR count). The van der Waals surface area contributed by atoms with Crippen LogP contribution in [0.3, 0.4) is 0 Å². The van der Waals surface area contributed by atoms with Gasteiger partial charge >= 0.3 is 6.03 Å². The summed E-state index contributed by atoms with van der Waals surface area (Å²) in [5.74, 6) is 1.85. The molecule has 3 aliphatic heterocycles. The summed E-state index contributed by atoms with van der Waals surface area (Å²) in [4.78, 5) is 24.5. The molecular weight excluding hydrogens is 382 g/mol. The summed E-state index contributed by atoms with van der Waals surface area (Å²) in [5.41, 5.74) is 1.88. The molecule has 162 valence electrons. The van der Waals surface area contributed by atoms with E-state index < -0.39 is 6.35 Å². The Morgan fingerprint density at radius 3 is 2.63 bits per heavy atom. The van der Waals surface area contributed by atoms with Crippen molar-refractivity contribution in [2.45, 2.75) is 51.7 Å². The predicted octanol–water partition coefficient (Wildman–Crippen LogP) is 2.27.